The molecule has 1 aliphatic carbocycles. The SMILES string of the molecule is Cc1cc(N)cc(S(=O)(=O)NCC2Cc3ccccc32)c1. The lowest BCUT2D eigenvalue weighted by Gasteiger charge is -2.30. The van der Waals surface area contributed by atoms with E-state index in [2.05, 4.69) is 16.9 Å². The lowest BCUT2D eigenvalue weighted by Crippen LogP contribution is -2.33. The number of aryl methyl sites for hydroxylation is 1. The highest BCUT2D eigenvalue weighted by Gasteiger charge is 2.27. The van der Waals surface area contributed by atoms with Crippen LogP contribution >= 0.6 is 0 Å². The van der Waals surface area contributed by atoms with Crippen molar-refractivity contribution in [2.75, 3.05) is 12.3 Å². The second-order valence-electron chi connectivity index (χ2n) is 5.53. The van der Waals surface area contributed by atoms with Crippen molar-refractivity contribution in [1.29, 1.82) is 0 Å². The molecule has 1 atom stereocenters. The second-order valence-corrected chi connectivity index (χ2v) is 7.30. The van der Waals surface area contributed by atoms with Gasteiger partial charge in [0.2, 0.25) is 10.0 Å². The zero-order chi connectivity index (χ0) is 15.0. The number of rotatable bonds is 4. The lowest BCUT2D eigenvalue weighted by molar-refractivity contribution is 0.552. The highest BCUT2D eigenvalue weighted by Crippen LogP contribution is 2.34. The molecule has 1 unspecified atom stereocenters. The maximum absolute atomic E-state index is 12.3. The van der Waals surface area contributed by atoms with E-state index in [1.807, 2.05) is 19.1 Å². The summed E-state index contributed by atoms with van der Waals surface area (Å²) in [4.78, 5) is 0.229. The summed E-state index contributed by atoms with van der Waals surface area (Å²) < 4.78 is 27.3. The molecule has 0 bridgehead atoms. The van der Waals surface area contributed by atoms with Gasteiger partial charge in [0.15, 0.2) is 0 Å². The van der Waals surface area contributed by atoms with Gasteiger partial charge in [-0.1, -0.05) is 24.3 Å². The number of nitrogens with two attached hydrogens (primary N) is 1. The van der Waals surface area contributed by atoms with E-state index in [1.165, 1.54) is 17.2 Å². The number of sulfonamides is 1. The third kappa shape index (κ3) is 2.80. The minimum atomic E-state index is -3.51. The van der Waals surface area contributed by atoms with E-state index in [-0.39, 0.29) is 10.8 Å². The Bertz CT molecular complexity index is 764. The van der Waals surface area contributed by atoms with Crippen LogP contribution in [0.1, 0.15) is 22.6 Å². The van der Waals surface area contributed by atoms with Gasteiger partial charge in [-0.05, 0) is 48.2 Å². The van der Waals surface area contributed by atoms with E-state index in [0.717, 1.165) is 12.0 Å². The Labute approximate surface area is 125 Å². The molecule has 0 fully saturated rings. The molecule has 2 aromatic rings. The number of benzene rings is 2. The molecule has 0 amide bonds. The fraction of sp³-hybridized carbons (Fsp3) is 0.250. The van der Waals surface area contributed by atoms with Crippen molar-refractivity contribution in [2.45, 2.75) is 24.2 Å². The first-order valence-electron chi connectivity index (χ1n) is 6.90. The number of fused-ring (bicyclic) bond motifs is 1. The molecule has 1 aliphatic rings. The summed E-state index contributed by atoms with van der Waals surface area (Å²) in [5.74, 6) is 0.262. The summed E-state index contributed by atoms with van der Waals surface area (Å²) in [5, 5.41) is 0. The van der Waals surface area contributed by atoms with Gasteiger partial charge in [0.25, 0.3) is 0 Å². The minimum absolute atomic E-state index is 0.229. The van der Waals surface area contributed by atoms with Gasteiger partial charge in [-0.2, -0.15) is 0 Å². The molecule has 3 rings (SSSR count). The quantitative estimate of drug-likeness (QED) is 0.850. The topological polar surface area (TPSA) is 72.2 Å². The molecule has 3 N–H and O–H groups in total. The molecule has 0 radical (unpaired) electrons. The van der Waals surface area contributed by atoms with Crippen LogP contribution in [0.5, 0.6) is 0 Å². The first kappa shape index (κ1) is 14.1. The summed E-state index contributed by atoms with van der Waals surface area (Å²) in [6.45, 7) is 2.25. The molecule has 4 nitrogen and oxygen atoms in total. The largest absolute Gasteiger partial charge is 0.399 e. The Balaban J connectivity index is 1.73. The highest BCUT2D eigenvalue weighted by molar-refractivity contribution is 7.89. The molecular weight excluding hydrogens is 284 g/mol. The van der Waals surface area contributed by atoms with E-state index in [9.17, 15) is 8.42 Å². The normalized spacial score (nSPS) is 17.1. The Hall–Kier alpha value is -1.85. The molecule has 110 valence electrons. The maximum atomic E-state index is 12.3. The Kier molecular flexibility index (Phi) is 3.47. The van der Waals surface area contributed by atoms with Crippen molar-refractivity contribution >= 4 is 15.7 Å². The Morgan fingerprint density at radius 1 is 1.24 bits per heavy atom. The van der Waals surface area contributed by atoms with Gasteiger partial charge in [-0.15, -0.1) is 0 Å². The van der Waals surface area contributed by atoms with E-state index in [0.29, 0.717) is 12.2 Å². The fourth-order valence-corrected chi connectivity index (χ4v) is 3.99. The van der Waals surface area contributed by atoms with Crippen LogP contribution in [0, 0.1) is 6.92 Å². The van der Waals surface area contributed by atoms with E-state index in [1.54, 1.807) is 12.1 Å². The van der Waals surface area contributed by atoms with Crippen LogP contribution in [0.4, 0.5) is 5.69 Å². The van der Waals surface area contributed by atoms with Crippen LogP contribution in [0.25, 0.3) is 0 Å². The summed E-state index contributed by atoms with van der Waals surface area (Å²) in [6.07, 6.45) is 0.925. The molecule has 5 heteroatoms. The monoisotopic (exact) mass is 302 g/mol. The van der Waals surface area contributed by atoms with Gasteiger partial charge >= 0.3 is 0 Å². The van der Waals surface area contributed by atoms with Crippen LogP contribution in [0.2, 0.25) is 0 Å². The van der Waals surface area contributed by atoms with Crippen molar-refractivity contribution in [1.82, 2.24) is 4.72 Å². The van der Waals surface area contributed by atoms with E-state index in [4.69, 9.17) is 5.73 Å². The van der Waals surface area contributed by atoms with Gasteiger partial charge in [0, 0.05) is 18.2 Å². The Morgan fingerprint density at radius 3 is 2.71 bits per heavy atom. The summed E-state index contributed by atoms with van der Waals surface area (Å²) >= 11 is 0. The molecular formula is C16H18N2O2S. The van der Waals surface area contributed by atoms with Crippen LogP contribution in [0.15, 0.2) is 47.4 Å². The van der Waals surface area contributed by atoms with Crippen molar-refractivity contribution in [3.05, 3.63) is 59.2 Å². The van der Waals surface area contributed by atoms with Crippen molar-refractivity contribution < 1.29 is 8.42 Å². The molecule has 0 aromatic heterocycles. The molecule has 0 saturated heterocycles. The molecule has 2 aromatic carbocycles. The summed E-state index contributed by atoms with van der Waals surface area (Å²) in [6, 6.07) is 13.0. The molecule has 0 heterocycles. The number of nitrogen functional groups attached to an aromatic ring is 1. The number of nitrogens with one attached hydrogen (secondary N) is 1. The third-order valence-corrected chi connectivity index (χ3v) is 5.27. The van der Waals surface area contributed by atoms with Gasteiger partial charge in [-0.3, -0.25) is 0 Å². The average Bonchev–Trinajstić information content (AvgIpc) is 2.38. The van der Waals surface area contributed by atoms with Gasteiger partial charge < -0.3 is 5.73 Å². The molecule has 0 spiro atoms. The highest BCUT2D eigenvalue weighted by atomic mass is 32.2. The first-order chi connectivity index (χ1) is 9.95. The first-order valence-corrected chi connectivity index (χ1v) is 8.39. The number of hydrogen-bond donors (Lipinski definition) is 2. The summed E-state index contributed by atoms with van der Waals surface area (Å²) in [7, 11) is -3.51. The average molecular weight is 302 g/mol. The van der Waals surface area contributed by atoms with E-state index < -0.39 is 10.0 Å². The second kappa shape index (κ2) is 5.16. The number of hydrogen-bond acceptors (Lipinski definition) is 3. The van der Waals surface area contributed by atoms with Crippen LogP contribution in [-0.2, 0) is 16.4 Å². The van der Waals surface area contributed by atoms with Gasteiger partial charge in [0.1, 0.15) is 0 Å². The van der Waals surface area contributed by atoms with Gasteiger partial charge in [-0.25, -0.2) is 13.1 Å². The summed E-state index contributed by atoms with van der Waals surface area (Å²) in [5.41, 5.74) is 9.57. The minimum Gasteiger partial charge on any atom is -0.399 e. The maximum Gasteiger partial charge on any atom is 0.240 e. The zero-order valence-corrected chi connectivity index (χ0v) is 12.7. The van der Waals surface area contributed by atoms with E-state index >= 15 is 0 Å². The van der Waals surface area contributed by atoms with Crippen molar-refractivity contribution in [2.24, 2.45) is 0 Å². The number of anilines is 1. The van der Waals surface area contributed by atoms with Crippen LogP contribution < -0.4 is 10.5 Å². The predicted octanol–water partition coefficient (Wildman–Crippen LogP) is 2.20. The third-order valence-electron chi connectivity index (χ3n) is 3.86. The Morgan fingerprint density at radius 2 is 2.00 bits per heavy atom. The molecule has 0 saturated carbocycles. The smallest absolute Gasteiger partial charge is 0.240 e. The van der Waals surface area contributed by atoms with Gasteiger partial charge in [0.05, 0.1) is 4.90 Å². The lowest BCUT2D eigenvalue weighted by atomic mass is 9.78. The fourth-order valence-electron chi connectivity index (χ4n) is 2.77. The molecule has 0 aliphatic heterocycles. The van der Waals surface area contributed by atoms with Crippen molar-refractivity contribution in [3.8, 4) is 0 Å². The zero-order valence-electron chi connectivity index (χ0n) is 11.8. The van der Waals surface area contributed by atoms with Crippen LogP contribution in [0.3, 0.4) is 0 Å². The molecule has 21 heavy (non-hydrogen) atoms. The standard InChI is InChI=1S/C16H18N2O2S/c1-11-6-14(17)9-15(7-11)21(19,20)18-10-13-8-12-4-2-3-5-16(12)13/h2-7,9,13,18H,8,10,17H2,1H3. The van der Waals surface area contributed by atoms with Crippen LogP contribution in [-0.4, -0.2) is 15.0 Å². The van der Waals surface area contributed by atoms with Crippen molar-refractivity contribution in [3.63, 3.8) is 0 Å². The predicted molar refractivity (Wildman–Crippen MR) is 83.7 cm³/mol.